The molecule has 1 N–H and O–H groups in total. The Morgan fingerprint density at radius 3 is 1.00 bits per heavy atom. The molecule has 0 saturated carbocycles. The molecule has 0 aromatic heterocycles. The van der Waals surface area contributed by atoms with E-state index >= 15 is 0 Å². The van der Waals surface area contributed by atoms with Gasteiger partial charge >= 0.3 is 11.9 Å². The number of esters is 2. The van der Waals surface area contributed by atoms with Crippen LogP contribution in [0.5, 0.6) is 0 Å². The summed E-state index contributed by atoms with van der Waals surface area (Å²) >= 11 is 0. The Labute approximate surface area is 379 Å². The summed E-state index contributed by atoms with van der Waals surface area (Å²) in [4.78, 5) is 24.4. The average molecular weight is 853 g/mol. The summed E-state index contributed by atoms with van der Waals surface area (Å²) in [6.45, 7) is 4.11. The molecule has 5 nitrogen and oxygen atoms in total. The van der Waals surface area contributed by atoms with Crippen LogP contribution in [0.25, 0.3) is 0 Å². The Hall–Kier alpha value is -2.40. The van der Waals surface area contributed by atoms with Crippen LogP contribution in [0.2, 0.25) is 0 Å². The van der Waals surface area contributed by atoms with Gasteiger partial charge in [-0.05, 0) is 83.5 Å². The van der Waals surface area contributed by atoms with Gasteiger partial charge in [-0.3, -0.25) is 9.59 Å². The van der Waals surface area contributed by atoms with Crippen LogP contribution >= 0.6 is 0 Å². The SMILES string of the molecule is CCCCCC/C=C\C/C=C\CCCCCCCC(=O)OCC(CO)OC(=O)CCCCCCCCCCCCCCCCCC/C=C\C/C=C\C/C=C\CCCCCCC. The quantitative estimate of drug-likeness (QED) is 0.0375. The van der Waals surface area contributed by atoms with E-state index in [0.717, 1.165) is 64.2 Å². The summed E-state index contributed by atoms with van der Waals surface area (Å²) in [5.41, 5.74) is 0. The van der Waals surface area contributed by atoms with E-state index in [1.54, 1.807) is 0 Å². The number of allylic oxidation sites excluding steroid dienone is 10. The normalized spacial score (nSPS) is 12.6. The first-order valence-corrected chi connectivity index (χ1v) is 26.3. The lowest BCUT2D eigenvalue weighted by atomic mass is 10.0. The van der Waals surface area contributed by atoms with E-state index in [0.29, 0.717) is 12.8 Å². The van der Waals surface area contributed by atoms with Gasteiger partial charge in [-0.2, -0.15) is 0 Å². The minimum absolute atomic E-state index is 0.0728. The molecule has 1 unspecified atom stereocenters. The molecular formula is C56H100O5. The lowest BCUT2D eigenvalue weighted by Crippen LogP contribution is -2.28. The summed E-state index contributed by atoms with van der Waals surface area (Å²) in [6, 6.07) is 0. The maximum atomic E-state index is 12.3. The van der Waals surface area contributed by atoms with E-state index in [-0.39, 0.29) is 25.2 Å². The van der Waals surface area contributed by atoms with E-state index in [2.05, 4.69) is 74.6 Å². The van der Waals surface area contributed by atoms with E-state index < -0.39 is 6.10 Å². The van der Waals surface area contributed by atoms with E-state index in [1.165, 1.54) is 173 Å². The molecule has 0 aliphatic carbocycles. The van der Waals surface area contributed by atoms with Gasteiger partial charge in [0.15, 0.2) is 6.10 Å². The van der Waals surface area contributed by atoms with Crippen LogP contribution < -0.4 is 0 Å². The third kappa shape index (κ3) is 50.1. The molecule has 0 aliphatic rings. The van der Waals surface area contributed by atoms with Crippen molar-refractivity contribution in [3.05, 3.63) is 60.8 Å². The van der Waals surface area contributed by atoms with E-state index in [4.69, 9.17) is 9.47 Å². The predicted octanol–water partition coefficient (Wildman–Crippen LogP) is 17.5. The molecule has 0 fully saturated rings. The zero-order chi connectivity index (χ0) is 44.2. The minimum atomic E-state index is -0.779. The molecular weight excluding hydrogens is 753 g/mol. The number of ether oxygens (including phenoxy) is 2. The Balaban J connectivity index is 3.48. The second-order valence-electron chi connectivity index (χ2n) is 17.6. The fourth-order valence-corrected chi connectivity index (χ4v) is 7.53. The minimum Gasteiger partial charge on any atom is -0.462 e. The van der Waals surface area contributed by atoms with Crippen LogP contribution in [-0.2, 0) is 19.1 Å². The van der Waals surface area contributed by atoms with Gasteiger partial charge in [-0.25, -0.2) is 0 Å². The van der Waals surface area contributed by atoms with Crippen molar-refractivity contribution in [3.8, 4) is 0 Å². The summed E-state index contributed by atoms with van der Waals surface area (Å²) in [5, 5.41) is 9.62. The second kappa shape index (κ2) is 51.9. The second-order valence-corrected chi connectivity index (χ2v) is 17.6. The molecule has 5 heteroatoms. The highest BCUT2D eigenvalue weighted by atomic mass is 16.6. The predicted molar refractivity (Wildman–Crippen MR) is 265 cm³/mol. The maximum Gasteiger partial charge on any atom is 0.306 e. The van der Waals surface area contributed by atoms with Crippen molar-refractivity contribution in [2.45, 2.75) is 270 Å². The number of hydrogen-bond acceptors (Lipinski definition) is 5. The maximum absolute atomic E-state index is 12.3. The Morgan fingerprint density at radius 2 is 0.656 bits per heavy atom. The number of carbonyl (C=O) groups excluding carboxylic acids is 2. The third-order valence-electron chi connectivity index (χ3n) is 11.5. The van der Waals surface area contributed by atoms with E-state index in [9.17, 15) is 14.7 Å². The molecule has 61 heavy (non-hydrogen) atoms. The number of aliphatic hydroxyl groups is 1. The van der Waals surface area contributed by atoms with Crippen molar-refractivity contribution in [1.29, 1.82) is 0 Å². The summed E-state index contributed by atoms with van der Waals surface area (Å²) in [6.07, 6.45) is 68.9. The monoisotopic (exact) mass is 853 g/mol. The topological polar surface area (TPSA) is 72.8 Å². The summed E-state index contributed by atoms with van der Waals surface area (Å²) in [7, 11) is 0. The van der Waals surface area contributed by atoms with Crippen LogP contribution in [0.4, 0.5) is 0 Å². The first-order chi connectivity index (χ1) is 30.1. The van der Waals surface area contributed by atoms with Crippen molar-refractivity contribution in [2.75, 3.05) is 13.2 Å². The van der Waals surface area contributed by atoms with Crippen LogP contribution in [0.3, 0.4) is 0 Å². The molecule has 0 heterocycles. The first kappa shape index (κ1) is 58.6. The Morgan fingerprint density at radius 1 is 0.377 bits per heavy atom. The van der Waals surface area contributed by atoms with Crippen LogP contribution in [0, 0.1) is 0 Å². The number of carbonyl (C=O) groups is 2. The van der Waals surface area contributed by atoms with Gasteiger partial charge in [0.2, 0.25) is 0 Å². The Bertz CT molecular complexity index is 1060. The molecule has 0 aromatic carbocycles. The average Bonchev–Trinajstić information content (AvgIpc) is 3.26. The molecule has 0 bridgehead atoms. The van der Waals surface area contributed by atoms with E-state index in [1.807, 2.05) is 0 Å². The number of rotatable bonds is 48. The molecule has 0 aliphatic heterocycles. The van der Waals surface area contributed by atoms with Crippen LogP contribution in [-0.4, -0.2) is 36.4 Å². The summed E-state index contributed by atoms with van der Waals surface area (Å²) in [5.74, 6) is -0.600. The largest absolute Gasteiger partial charge is 0.462 e. The molecule has 0 spiro atoms. The summed E-state index contributed by atoms with van der Waals surface area (Å²) < 4.78 is 10.7. The molecule has 0 amide bonds. The van der Waals surface area contributed by atoms with Gasteiger partial charge in [-0.1, -0.05) is 229 Å². The zero-order valence-electron chi connectivity index (χ0n) is 40.4. The highest BCUT2D eigenvalue weighted by Gasteiger charge is 2.16. The molecule has 0 aromatic rings. The van der Waals surface area contributed by atoms with Crippen molar-refractivity contribution in [1.82, 2.24) is 0 Å². The molecule has 1 atom stereocenters. The van der Waals surface area contributed by atoms with Crippen LogP contribution in [0.15, 0.2) is 60.8 Å². The first-order valence-electron chi connectivity index (χ1n) is 26.3. The molecule has 0 rings (SSSR count). The van der Waals surface area contributed by atoms with Gasteiger partial charge in [0.25, 0.3) is 0 Å². The van der Waals surface area contributed by atoms with Gasteiger partial charge in [0.1, 0.15) is 6.61 Å². The lowest BCUT2D eigenvalue weighted by molar-refractivity contribution is -0.161. The fraction of sp³-hybridized carbons (Fsp3) is 0.786. The highest BCUT2D eigenvalue weighted by molar-refractivity contribution is 5.70. The zero-order valence-corrected chi connectivity index (χ0v) is 40.4. The van der Waals surface area contributed by atoms with Gasteiger partial charge in [0, 0.05) is 12.8 Å². The van der Waals surface area contributed by atoms with Crippen molar-refractivity contribution >= 4 is 11.9 Å². The smallest absolute Gasteiger partial charge is 0.306 e. The molecule has 354 valence electrons. The van der Waals surface area contributed by atoms with Crippen LogP contribution in [0.1, 0.15) is 264 Å². The lowest BCUT2D eigenvalue weighted by Gasteiger charge is -2.15. The standard InChI is InChI=1S/C56H100O5/c1-3-5-7-9-11-13-15-17-19-21-22-23-24-25-26-27-28-29-30-31-32-33-34-35-37-39-41-43-45-47-49-51-56(59)61-54(52-57)53-60-55(58)50-48-46-44-42-40-38-36-20-18-16-14-12-10-8-6-4-2/h14-17,20-22,24-25,36,54,57H,3-13,18-19,23,26-35,37-53H2,1-2H3/b16-14-,17-15-,22-21-,25-24-,36-20-. The molecule has 0 radical (unpaired) electrons. The molecule has 0 saturated heterocycles. The van der Waals surface area contributed by atoms with Gasteiger partial charge in [-0.15, -0.1) is 0 Å². The number of hydrogen-bond donors (Lipinski definition) is 1. The number of aliphatic hydroxyl groups excluding tert-OH is 1. The van der Waals surface area contributed by atoms with Gasteiger partial charge in [0.05, 0.1) is 6.61 Å². The third-order valence-corrected chi connectivity index (χ3v) is 11.5. The van der Waals surface area contributed by atoms with Crippen molar-refractivity contribution in [2.24, 2.45) is 0 Å². The fourth-order valence-electron chi connectivity index (χ4n) is 7.53. The van der Waals surface area contributed by atoms with Crippen molar-refractivity contribution < 1.29 is 24.2 Å². The van der Waals surface area contributed by atoms with Crippen molar-refractivity contribution in [3.63, 3.8) is 0 Å². The highest BCUT2D eigenvalue weighted by Crippen LogP contribution is 2.16. The van der Waals surface area contributed by atoms with Gasteiger partial charge < -0.3 is 14.6 Å². The Kier molecular flexibility index (Phi) is 49.9. The number of unbranched alkanes of at least 4 members (excludes halogenated alkanes) is 30.